The number of rotatable bonds is 4. The van der Waals surface area contributed by atoms with Crippen LogP contribution >= 0.6 is 0 Å². The average molecular weight is 371 g/mol. The van der Waals surface area contributed by atoms with Gasteiger partial charge < -0.3 is 24.0 Å². The second kappa shape index (κ2) is 7.03. The zero-order valence-electron chi connectivity index (χ0n) is 15.1. The molecule has 1 saturated heterocycles. The van der Waals surface area contributed by atoms with Crippen LogP contribution in [0.1, 0.15) is 51.0 Å². The van der Waals surface area contributed by atoms with Crippen molar-refractivity contribution in [2.45, 2.75) is 32.0 Å². The molecule has 1 N–H and O–H groups in total. The van der Waals surface area contributed by atoms with Crippen LogP contribution in [0.25, 0.3) is 0 Å². The third kappa shape index (κ3) is 3.06. The van der Waals surface area contributed by atoms with E-state index in [0.717, 1.165) is 18.4 Å². The molecule has 0 aliphatic carbocycles. The van der Waals surface area contributed by atoms with E-state index in [1.807, 2.05) is 11.0 Å². The smallest absolute Gasteiger partial charge is 0.337 e. The summed E-state index contributed by atoms with van der Waals surface area (Å²) < 4.78 is 12.3. The first kappa shape index (κ1) is 17.5. The number of aromatic nitrogens is 2. The Hall–Kier alpha value is -2.87. The van der Waals surface area contributed by atoms with Crippen LogP contribution in [-0.2, 0) is 17.9 Å². The molecule has 2 aliphatic rings. The van der Waals surface area contributed by atoms with E-state index >= 15 is 0 Å². The summed E-state index contributed by atoms with van der Waals surface area (Å²) in [5.41, 5.74) is 2.06. The van der Waals surface area contributed by atoms with Gasteiger partial charge in [0.15, 0.2) is 0 Å². The van der Waals surface area contributed by atoms with Gasteiger partial charge in [-0.3, -0.25) is 4.79 Å². The molecule has 4 rings (SSSR count). The van der Waals surface area contributed by atoms with E-state index in [0.29, 0.717) is 37.0 Å². The maximum absolute atomic E-state index is 13.3. The van der Waals surface area contributed by atoms with E-state index < -0.39 is 5.97 Å². The number of ether oxygens (including phenoxy) is 2. The van der Waals surface area contributed by atoms with Gasteiger partial charge in [-0.25, -0.2) is 9.78 Å². The number of aromatic carboxylic acids is 1. The highest BCUT2D eigenvalue weighted by atomic mass is 16.5. The van der Waals surface area contributed by atoms with E-state index in [1.54, 1.807) is 23.9 Å². The number of amides is 1. The fourth-order valence-electron chi connectivity index (χ4n) is 3.90. The number of carbonyl (C=O) groups is 2. The summed E-state index contributed by atoms with van der Waals surface area (Å²) in [7, 11) is 1.56. The molecule has 0 bridgehead atoms. The minimum atomic E-state index is -1.04. The van der Waals surface area contributed by atoms with Gasteiger partial charge >= 0.3 is 5.97 Å². The first-order chi connectivity index (χ1) is 13.1. The third-order valence-electron chi connectivity index (χ3n) is 5.22. The Balaban J connectivity index is 1.66. The highest BCUT2D eigenvalue weighted by molar-refractivity contribution is 5.98. The van der Waals surface area contributed by atoms with Gasteiger partial charge in [0, 0.05) is 25.4 Å². The summed E-state index contributed by atoms with van der Waals surface area (Å²) in [6.07, 6.45) is 3.48. The number of carboxylic acids is 1. The SMILES string of the molecule is COc1ccc([C@H]2CCCN2C(=O)c2cc(C(=O)O)c3n2CCOC3)cn1. The summed E-state index contributed by atoms with van der Waals surface area (Å²) in [4.78, 5) is 30.9. The molecular weight excluding hydrogens is 350 g/mol. The van der Waals surface area contributed by atoms with E-state index in [9.17, 15) is 14.7 Å². The van der Waals surface area contributed by atoms with Crippen LogP contribution in [0.5, 0.6) is 5.88 Å². The maximum atomic E-state index is 13.3. The highest BCUT2D eigenvalue weighted by Gasteiger charge is 2.34. The van der Waals surface area contributed by atoms with Crippen LogP contribution in [0, 0.1) is 0 Å². The average Bonchev–Trinajstić information content (AvgIpc) is 3.33. The van der Waals surface area contributed by atoms with Crippen LogP contribution in [0.3, 0.4) is 0 Å². The van der Waals surface area contributed by atoms with Crippen molar-refractivity contribution >= 4 is 11.9 Å². The molecule has 2 aromatic heterocycles. The summed E-state index contributed by atoms with van der Waals surface area (Å²) >= 11 is 0. The summed E-state index contributed by atoms with van der Waals surface area (Å²) in [6.45, 7) is 1.79. The number of pyridine rings is 1. The number of carbonyl (C=O) groups excluding carboxylic acids is 1. The lowest BCUT2D eigenvalue weighted by Crippen LogP contribution is -2.33. The number of nitrogens with zero attached hydrogens (tertiary/aromatic N) is 3. The van der Waals surface area contributed by atoms with E-state index in [-0.39, 0.29) is 24.1 Å². The molecule has 1 fully saturated rings. The normalized spacial score (nSPS) is 19.0. The molecule has 0 radical (unpaired) electrons. The topological polar surface area (TPSA) is 93.9 Å². The fourth-order valence-corrected chi connectivity index (χ4v) is 3.90. The van der Waals surface area contributed by atoms with Crippen molar-refractivity contribution in [3.05, 3.63) is 46.9 Å². The molecule has 8 heteroatoms. The minimum Gasteiger partial charge on any atom is -0.481 e. The highest BCUT2D eigenvalue weighted by Crippen LogP contribution is 2.34. The van der Waals surface area contributed by atoms with E-state index in [1.165, 1.54) is 6.07 Å². The van der Waals surface area contributed by atoms with Gasteiger partial charge in [0.05, 0.1) is 37.6 Å². The summed E-state index contributed by atoms with van der Waals surface area (Å²) in [6, 6.07) is 5.12. The lowest BCUT2D eigenvalue weighted by Gasteiger charge is -2.26. The van der Waals surface area contributed by atoms with Crippen molar-refractivity contribution in [3.63, 3.8) is 0 Å². The Bertz CT molecular complexity index is 874. The van der Waals surface area contributed by atoms with Gasteiger partial charge in [0.2, 0.25) is 5.88 Å². The molecule has 2 aromatic rings. The Morgan fingerprint density at radius 1 is 1.33 bits per heavy atom. The van der Waals surface area contributed by atoms with Crippen molar-refractivity contribution in [2.24, 2.45) is 0 Å². The van der Waals surface area contributed by atoms with E-state index in [4.69, 9.17) is 9.47 Å². The predicted molar refractivity (Wildman–Crippen MR) is 94.8 cm³/mol. The molecule has 0 saturated carbocycles. The zero-order chi connectivity index (χ0) is 19.0. The maximum Gasteiger partial charge on any atom is 0.337 e. The number of likely N-dealkylation sites (tertiary alicyclic amines) is 1. The van der Waals surface area contributed by atoms with Gasteiger partial charge in [0.25, 0.3) is 5.91 Å². The Morgan fingerprint density at radius 2 is 2.19 bits per heavy atom. The Labute approximate surface area is 156 Å². The van der Waals surface area contributed by atoms with Crippen LogP contribution in [0.15, 0.2) is 24.4 Å². The van der Waals surface area contributed by atoms with Gasteiger partial charge in [-0.1, -0.05) is 6.07 Å². The summed E-state index contributed by atoms with van der Waals surface area (Å²) in [5, 5.41) is 9.47. The van der Waals surface area contributed by atoms with Crippen molar-refractivity contribution in [2.75, 3.05) is 20.3 Å². The molecular formula is C19H21N3O5. The fraction of sp³-hybridized carbons (Fsp3) is 0.421. The quantitative estimate of drug-likeness (QED) is 0.885. The largest absolute Gasteiger partial charge is 0.481 e. The number of carboxylic acid groups (broad SMARTS) is 1. The third-order valence-corrected chi connectivity index (χ3v) is 5.22. The van der Waals surface area contributed by atoms with Crippen LogP contribution in [0.2, 0.25) is 0 Å². The summed E-state index contributed by atoms with van der Waals surface area (Å²) in [5.74, 6) is -0.661. The van der Waals surface area contributed by atoms with Gasteiger partial charge in [0.1, 0.15) is 5.69 Å². The number of hydrogen-bond acceptors (Lipinski definition) is 5. The monoisotopic (exact) mass is 371 g/mol. The van der Waals surface area contributed by atoms with Crippen LogP contribution < -0.4 is 4.74 Å². The minimum absolute atomic E-state index is 0.0739. The molecule has 142 valence electrons. The number of fused-ring (bicyclic) bond motifs is 1. The van der Waals surface area contributed by atoms with Crippen molar-refractivity contribution in [1.29, 1.82) is 0 Å². The number of hydrogen-bond donors (Lipinski definition) is 1. The van der Waals surface area contributed by atoms with E-state index in [2.05, 4.69) is 4.98 Å². The van der Waals surface area contributed by atoms with Crippen LogP contribution in [0.4, 0.5) is 0 Å². The molecule has 1 atom stereocenters. The van der Waals surface area contributed by atoms with Crippen molar-refractivity contribution in [3.8, 4) is 5.88 Å². The van der Waals surface area contributed by atoms with Crippen molar-refractivity contribution in [1.82, 2.24) is 14.5 Å². The molecule has 4 heterocycles. The van der Waals surface area contributed by atoms with Crippen LogP contribution in [-0.4, -0.2) is 51.7 Å². The van der Waals surface area contributed by atoms with Gasteiger partial charge in [-0.2, -0.15) is 0 Å². The molecule has 8 nitrogen and oxygen atoms in total. The lowest BCUT2D eigenvalue weighted by molar-refractivity contribution is 0.0637. The first-order valence-corrected chi connectivity index (χ1v) is 8.94. The van der Waals surface area contributed by atoms with Gasteiger partial charge in [-0.05, 0) is 24.5 Å². The van der Waals surface area contributed by atoms with Gasteiger partial charge in [-0.15, -0.1) is 0 Å². The second-order valence-corrected chi connectivity index (χ2v) is 6.69. The lowest BCUT2D eigenvalue weighted by atomic mass is 10.1. The first-order valence-electron chi connectivity index (χ1n) is 8.94. The Morgan fingerprint density at radius 3 is 2.89 bits per heavy atom. The second-order valence-electron chi connectivity index (χ2n) is 6.69. The molecule has 1 amide bonds. The molecule has 0 aromatic carbocycles. The molecule has 0 unspecified atom stereocenters. The van der Waals surface area contributed by atoms with Crippen molar-refractivity contribution < 1.29 is 24.2 Å². The predicted octanol–water partition coefficient (Wildman–Crippen LogP) is 2.10. The zero-order valence-corrected chi connectivity index (χ0v) is 15.1. The molecule has 2 aliphatic heterocycles. The number of methoxy groups -OCH3 is 1. The standard InChI is InChI=1S/C19H21N3O5/c1-26-17-5-4-12(10-20-17)14-3-2-6-22(14)18(23)15-9-13(19(24)25)16-11-27-8-7-21(15)16/h4-5,9-10,14H,2-3,6-8,11H2,1H3,(H,24,25)/t14-/m1/s1. The molecule has 27 heavy (non-hydrogen) atoms. The Kier molecular flexibility index (Phi) is 4.57. The molecule has 0 spiro atoms.